The number of carbonyl (C=O) groups is 3. The van der Waals surface area contributed by atoms with Crippen LogP contribution < -0.4 is 9.61 Å². The lowest BCUT2D eigenvalue weighted by Crippen LogP contribution is -2.39. The Morgan fingerprint density at radius 3 is 2.16 bits per heavy atom. The number of thiazole rings is 1. The van der Waals surface area contributed by atoms with Crippen LogP contribution in [0.1, 0.15) is 63.0 Å². The van der Waals surface area contributed by atoms with Crippen LogP contribution in [0.15, 0.2) is 41.2 Å². The molecular weight excluding hydrogens is 508 g/mol. The molecule has 1 amide bonds. The van der Waals surface area contributed by atoms with E-state index >= 15 is 0 Å². The molecule has 0 bridgehead atoms. The van der Waals surface area contributed by atoms with Gasteiger partial charge in [-0.3, -0.25) is 9.59 Å². The number of aromatic nitrogens is 1. The Morgan fingerprint density at radius 2 is 1.55 bits per heavy atom. The molecule has 1 N–H and O–H groups in total. The maximum absolute atomic E-state index is 13.0. The summed E-state index contributed by atoms with van der Waals surface area (Å²) in [4.78, 5) is 52.4. The van der Waals surface area contributed by atoms with E-state index < -0.39 is 23.5 Å². The van der Waals surface area contributed by atoms with Crippen molar-refractivity contribution in [3.63, 3.8) is 0 Å². The van der Waals surface area contributed by atoms with Crippen LogP contribution in [-0.2, 0) is 22.3 Å². The molecule has 3 aromatic rings. The maximum Gasteiger partial charge on any atom is 0.514 e. The molecule has 0 unspecified atom stereocenters. The fourth-order valence-corrected chi connectivity index (χ4v) is 4.50. The Morgan fingerprint density at radius 1 is 0.921 bits per heavy atom. The summed E-state index contributed by atoms with van der Waals surface area (Å²) in [6, 6.07) is 10.6. The maximum atomic E-state index is 13.0. The van der Waals surface area contributed by atoms with Crippen molar-refractivity contribution in [3.8, 4) is 5.75 Å². The molecule has 0 saturated heterocycles. The highest BCUT2D eigenvalue weighted by Gasteiger charge is 2.24. The van der Waals surface area contributed by atoms with Gasteiger partial charge < -0.3 is 24.1 Å². The van der Waals surface area contributed by atoms with Crippen molar-refractivity contribution in [2.24, 2.45) is 0 Å². The van der Waals surface area contributed by atoms with Crippen molar-refractivity contribution >= 4 is 40.1 Å². The molecule has 3 rings (SSSR count). The van der Waals surface area contributed by atoms with E-state index in [1.165, 1.54) is 0 Å². The minimum Gasteiger partial charge on any atom is -0.444 e. The largest absolute Gasteiger partial charge is 0.514 e. The summed E-state index contributed by atoms with van der Waals surface area (Å²) >= 11 is 1.01. The molecule has 0 atom stereocenters. The van der Waals surface area contributed by atoms with Crippen molar-refractivity contribution in [2.45, 2.75) is 65.6 Å². The molecule has 204 valence electrons. The number of hydrogen-bond acceptors (Lipinski definition) is 8. The summed E-state index contributed by atoms with van der Waals surface area (Å²) in [5, 5.41) is 0. The normalized spacial score (nSPS) is 11.7. The summed E-state index contributed by atoms with van der Waals surface area (Å²) in [6.07, 6.45) is 0.506. The zero-order valence-electron chi connectivity index (χ0n) is 22.6. The molecule has 2 aromatic carbocycles. The van der Waals surface area contributed by atoms with Crippen molar-refractivity contribution in [3.05, 3.63) is 62.8 Å². The lowest BCUT2D eigenvalue weighted by Gasteiger charge is -2.27. The van der Waals surface area contributed by atoms with Crippen LogP contribution >= 0.6 is 11.3 Å². The molecule has 1 heterocycles. The molecule has 0 spiro atoms. The number of hydrogen-bond donors (Lipinski definition) is 1. The number of benzene rings is 2. The molecule has 38 heavy (non-hydrogen) atoms. The molecule has 0 fully saturated rings. The number of nitrogens with zero attached hydrogens (tertiary/aromatic N) is 1. The second kappa shape index (κ2) is 11.8. The fraction of sp³-hybridized carbons (Fsp3) is 0.429. The van der Waals surface area contributed by atoms with Gasteiger partial charge in [-0.1, -0.05) is 41.7 Å². The first-order valence-electron chi connectivity index (χ1n) is 12.3. The van der Waals surface area contributed by atoms with E-state index in [-0.39, 0.29) is 10.6 Å². The van der Waals surface area contributed by atoms with E-state index in [4.69, 9.17) is 14.2 Å². The SMILES string of the molecule is CC(C)(C)OC(=O)Oc1ccc(CCN(CCc2ccc(C=O)cc2)C(=O)OC(C)(C)C)c2sc(=O)[nH]c12. The molecule has 0 radical (unpaired) electrons. The van der Waals surface area contributed by atoms with Crippen molar-refractivity contribution in [1.82, 2.24) is 9.88 Å². The van der Waals surface area contributed by atoms with Crippen molar-refractivity contribution < 1.29 is 28.6 Å². The lowest BCUT2D eigenvalue weighted by molar-refractivity contribution is 0.0205. The Hall–Kier alpha value is -3.66. The Labute approximate surface area is 225 Å². The first kappa shape index (κ1) is 28.9. The van der Waals surface area contributed by atoms with Crippen LogP contribution in [0.4, 0.5) is 9.59 Å². The first-order valence-corrected chi connectivity index (χ1v) is 13.1. The third-order valence-electron chi connectivity index (χ3n) is 5.29. The second-order valence-corrected chi connectivity index (χ2v) is 11.8. The molecule has 9 nitrogen and oxygen atoms in total. The zero-order chi connectivity index (χ0) is 28.1. The van der Waals surface area contributed by atoms with Gasteiger partial charge in [-0.25, -0.2) is 9.59 Å². The number of amides is 1. The highest BCUT2D eigenvalue weighted by molar-refractivity contribution is 7.16. The second-order valence-electron chi connectivity index (χ2n) is 10.8. The van der Waals surface area contributed by atoms with Gasteiger partial charge in [0.05, 0.1) is 4.70 Å². The summed E-state index contributed by atoms with van der Waals surface area (Å²) in [5.41, 5.74) is 1.42. The van der Waals surface area contributed by atoms with Gasteiger partial charge in [0.15, 0.2) is 5.75 Å². The fourth-order valence-electron chi connectivity index (χ4n) is 3.61. The van der Waals surface area contributed by atoms with Gasteiger partial charge >= 0.3 is 17.1 Å². The topological polar surface area (TPSA) is 115 Å². The quantitative estimate of drug-likeness (QED) is 0.219. The number of rotatable bonds is 8. The van der Waals surface area contributed by atoms with E-state index in [0.717, 1.165) is 28.7 Å². The highest BCUT2D eigenvalue weighted by Crippen LogP contribution is 2.30. The van der Waals surface area contributed by atoms with Gasteiger partial charge in [-0.15, -0.1) is 0 Å². The Balaban J connectivity index is 1.79. The summed E-state index contributed by atoms with van der Waals surface area (Å²) in [5.74, 6) is 0.194. The van der Waals surface area contributed by atoms with Crippen LogP contribution in [-0.4, -0.2) is 52.7 Å². The average Bonchev–Trinajstić information content (AvgIpc) is 3.20. The van der Waals surface area contributed by atoms with E-state index in [2.05, 4.69) is 4.98 Å². The number of carbonyl (C=O) groups excluding carboxylic acids is 3. The molecule has 10 heteroatoms. The van der Waals surface area contributed by atoms with Crippen molar-refractivity contribution in [1.29, 1.82) is 0 Å². The number of nitrogens with one attached hydrogen (secondary N) is 1. The van der Waals surface area contributed by atoms with E-state index in [1.54, 1.807) is 49.9 Å². The highest BCUT2D eigenvalue weighted by atomic mass is 32.1. The third-order valence-corrected chi connectivity index (χ3v) is 6.25. The number of H-pyrrole nitrogens is 1. The minimum absolute atomic E-state index is 0.194. The molecule has 0 saturated carbocycles. The Bertz CT molecular complexity index is 1340. The van der Waals surface area contributed by atoms with Crippen LogP contribution in [0.5, 0.6) is 5.75 Å². The summed E-state index contributed by atoms with van der Waals surface area (Å²) < 4.78 is 16.9. The lowest BCUT2D eigenvalue weighted by atomic mass is 10.1. The monoisotopic (exact) mass is 542 g/mol. The van der Waals surface area contributed by atoms with Crippen LogP contribution in [0.25, 0.3) is 10.2 Å². The third kappa shape index (κ3) is 8.44. The van der Waals surface area contributed by atoms with E-state index in [9.17, 15) is 19.2 Å². The van der Waals surface area contributed by atoms with Gasteiger partial charge in [0, 0.05) is 18.7 Å². The first-order chi connectivity index (χ1) is 17.7. The van der Waals surface area contributed by atoms with Crippen LogP contribution in [0.2, 0.25) is 0 Å². The predicted molar refractivity (Wildman–Crippen MR) is 146 cm³/mol. The standard InChI is InChI=1S/C28H34N2O7S/c1-27(2,3)36-25(33)30(15-13-18-7-9-19(17-31)10-8-18)16-14-20-11-12-21(22-23(20)38-24(32)29-22)35-26(34)37-28(4,5)6/h7-12,17H,13-16H2,1-6H3,(H,29,32). The van der Waals surface area contributed by atoms with Gasteiger partial charge in [-0.2, -0.15) is 0 Å². The summed E-state index contributed by atoms with van der Waals surface area (Å²) in [6.45, 7) is 11.4. The molecule has 1 aromatic heterocycles. The summed E-state index contributed by atoms with van der Waals surface area (Å²) in [7, 11) is 0. The van der Waals surface area contributed by atoms with Crippen LogP contribution in [0.3, 0.4) is 0 Å². The number of ether oxygens (including phenoxy) is 3. The number of fused-ring (bicyclic) bond motifs is 1. The minimum atomic E-state index is -0.865. The molecule has 0 aliphatic heterocycles. The average molecular weight is 543 g/mol. The van der Waals surface area contributed by atoms with Gasteiger partial charge in [-0.05, 0) is 71.6 Å². The molecular formula is C28H34N2O7S. The zero-order valence-corrected chi connectivity index (χ0v) is 23.4. The van der Waals surface area contributed by atoms with Crippen LogP contribution in [0, 0.1) is 0 Å². The predicted octanol–water partition coefficient (Wildman–Crippen LogP) is 5.74. The molecule has 0 aliphatic rings. The molecule has 0 aliphatic carbocycles. The number of aromatic amines is 1. The number of aldehydes is 1. The van der Waals surface area contributed by atoms with Crippen molar-refractivity contribution in [2.75, 3.05) is 13.1 Å². The smallest absolute Gasteiger partial charge is 0.444 e. The van der Waals surface area contributed by atoms with E-state index in [0.29, 0.717) is 41.7 Å². The Kier molecular flexibility index (Phi) is 8.98. The van der Waals surface area contributed by atoms with Gasteiger partial charge in [0.25, 0.3) is 0 Å². The van der Waals surface area contributed by atoms with E-state index in [1.807, 2.05) is 32.9 Å². The van der Waals surface area contributed by atoms with Gasteiger partial charge in [0.1, 0.15) is 23.0 Å². The van der Waals surface area contributed by atoms with Gasteiger partial charge in [0.2, 0.25) is 0 Å².